The Morgan fingerprint density at radius 1 is 1.41 bits per heavy atom. The van der Waals surface area contributed by atoms with E-state index in [2.05, 4.69) is 31.2 Å². The number of hydrogen-bond acceptors (Lipinski definition) is 4. The van der Waals surface area contributed by atoms with E-state index in [1.807, 2.05) is 36.2 Å². The van der Waals surface area contributed by atoms with Gasteiger partial charge in [-0.15, -0.1) is 0 Å². The molecule has 1 N–H and O–H groups in total. The first kappa shape index (κ1) is 11.3. The highest BCUT2D eigenvalue weighted by atomic mass is 79.9. The minimum atomic E-state index is 0.733. The maximum Gasteiger partial charge on any atom is 0.223 e. The molecule has 1 aliphatic rings. The number of aromatic nitrogens is 2. The third-order valence-corrected chi connectivity index (χ3v) is 4.71. The molecular weight excluding hydrogens is 298 g/mol. The monoisotopic (exact) mass is 309 g/mol. The van der Waals surface area contributed by atoms with Gasteiger partial charge in [0.2, 0.25) is 5.95 Å². The molecule has 0 radical (unpaired) electrons. The third kappa shape index (κ3) is 2.55. The van der Waals surface area contributed by atoms with Crippen LogP contribution in [0.2, 0.25) is 0 Å². The summed E-state index contributed by atoms with van der Waals surface area (Å²) in [5.74, 6) is 4.03. The molecule has 17 heavy (non-hydrogen) atoms. The third-order valence-electron chi connectivity index (χ3n) is 2.80. The number of hydrogen-bond donors (Lipinski definition) is 1. The number of thioether (sulfide) groups is 1. The van der Waals surface area contributed by atoms with Crippen LogP contribution in [-0.4, -0.2) is 28.0 Å². The topological polar surface area (TPSA) is 37.8 Å². The van der Waals surface area contributed by atoms with E-state index < -0.39 is 0 Å². The fourth-order valence-electron chi connectivity index (χ4n) is 1.73. The Morgan fingerprint density at radius 3 is 3.06 bits per heavy atom. The Hall–Kier alpha value is -0.810. The first-order valence-corrected chi connectivity index (χ1v) is 7.50. The molecule has 0 aliphatic carbocycles. The van der Waals surface area contributed by atoms with Crippen molar-refractivity contribution >= 4 is 44.5 Å². The van der Waals surface area contributed by atoms with E-state index in [9.17, 15) is 0 Å². The fraction of sp³-hybridized carbons (Fsp3) is 0.333. The van der Waals surface area contributed by atoms with Gasteiger partial charge in [0.05, 0.1) is 5.52 Å². The Bertz CT molecular complexity index is 542. The van der Waals surface area contributed by atoms with Crippen molar-refractivity contribution in [2.24, 2.45) is 5.92 Å². The summed E-state index contributed by atoms with van der Waals surface area (Å²) in [6.07, 6.45) is 1.87. The Labute approximate surface area is 113 Å². The van der Waals surface area contributed by atoms with Gasteiger partial charge in [0.25, 0.3) is 0 Å². The highest BCUT2D eigenvalue weighted by Gasteiger charge is 2.17. The van der Waals surface area contributed by atoms with E-state index >= 15 is 0 Å². The van der Waals surface area contributed by atoms with Crippen LogP contribution >= 0.6 is 27.7 Å². The maximum absolute atomic E-state index is 4.50. The smallest absolute Gasteiger partial charge is 0.223 e. The van der Waals surface area contributed by atoms with Gasteiger partial charge >= 0.3 is 0 Å². The zero-order chi connectivity index (χ0) is 11.7. The summed E-state index contributed by atoms with van der Waals surface area (Å²) in [5, 5.41) is 4.37. The SMILES string of the molecule is Brc1ccc2nc(NCC3CSC3)ncc2c1. The second-order valence-corrected chi connectivity index (χ2v) is 6.17. The number of nitrogens with one attached hydrogen (secondary N) is 1. The summed E-state index contributed by atoms with van der Waals surface area (Å²) in [7, 11) is 0. The van der Waals surface area contributed by atoms with Gasteiger partial charge in [-0.05, 0) is 35.6 Å². The number of rotatable bonds is 3. The molecule has 1 aromatic heterocycles. The molecule has 88 valence electrons. The molecule has 0 amide bonds. The van der Waals surface area contributed by atoms with Crippen molar-refractivity contribution in [2.75, 3.05) is 23.4 Å². The van der Waals surface area contributed by atoms with Gasteiger partial charge in [0.1, 0.15) is 0 Å². The van der Waals surface area contributed by atoms with E-state index in [-0.39, 0.29) is 0 Å². The largest absolute Gasteiger partial charge is 0.354 e. The summed E-state index contributed by atoms with van der Waals surface area (Å²) < 4.78 is 1.06. The molecule has 1 aliphatic heterocycles. The maximum atomic E-state index is 4.50. The molecule has 3 rings (SSSR count). The van der Waals surface area contributed by atoms with Crippen LogP contribution in [0.3, 0.4) is 0 Å². The lowest BCUT2D eigenvalue weighted by atomic mass is 10.2. The van der Waals surface area contributed by atoms with Crippen LogP contribution < -0.4 is 5.32 Å². The van der Waals surface area contributed by atoms with Gasteiger partial charge in [0.15, 0.2) is 0 Å². The highest BCUT2D eigenvalue weighted by Crippen LogP contribution is 2.24. The standard InChI is InChI=1S/C12H12BrN3S/c13-10-1-2-11-9(3-10)5-15-12(16-11)14-4-8-6-17-7-8/h1-3,5,8H,4,6-7H2,(H,14,15,16). The molecule has 0 saturated carbocycles. The lowest BCUT2D eigenvalue weighted by Gasteiger charge is -2.24. The molecule has 1 fully saturated rings. The molecule has 3 nitrogen and oxygen atoms in total. The zero-order valence-electron chi connectivity index (χ0n) is 9.19. The van der Waals surface area contributed by atoms with Crippen LogP contribution in [0.25, 0.3) is 10.9 Å². The number of halogens is 1. The van der Waals surface area contributed by atoms with Crippen molar-refractivity contribution in [1.82, 2.24) is 9.97 Å². The van der Waals surface area contributed by atoms with Gasteiger partial charge in [0, 0.05) is 22.6 Å². The minimum Gasteiger partial charge on any atom is -0.354 e. The predicted octanol–water partition coefficient (Wildman–Crippen LogP) is 3.17. The van der Waals surface area contributed by atoms with E-state index in [0.717, 1.165) is 33.8 Å². The molecule has 2 heterocycles. The second-order valence-electron chi connectivity index (χ2n) is 4.18. The molecule has 0 unspecified atom stereocenters. The quantitative estimate of drug-likeness (QED) is 0.945. The molecule has 0 atom stereocenters. The number of benzene rings is 1. The van der Waals surface area contributed by atoms with E-state index in [4.69, 9.17) is 0 Å². The summed E-state index contributed by atoms with van der Waals surface area (Å²) >= 11 is 5.44. The molecule has 0 bridgehead atoms. The average molecular weight is 310 g/mol. The van der Waals surface area contributed by atoms with Crippen LogP contribution in [0.5, 0.6) is 0 Å². The number of nitrogens with zero attached hydrogens (tertiary/aromatic N) is 2. The predicted molar refractivity (Wildman–Crippen MR) is 76.5 cm³/mol. The van der Waals surface area contributed by atoms with Crippen molar-refractivity contribution in [1.29, 1.82) is 0 Å². The summed E-state index contributed by atoms with van der Waals surface area (Å²) in [6, 6.07) is 6.04. The summed E-state index contributed by atoms with van der Waals surface area (Å²) in [4.78, 5) is 8.83. The Balaban J connectivity index is 1.78. The zero-order valence-corrected chi connectivity index (χ0v) is 11.6. The average Bonchev–Trinajstić information content (AvgIpc) is 2.27. The lowest BCUT2D eigenvalue weighted by molar-refractivity contribution is 0.674. The minimum absolute atomic E-state index is 0.733. The second kappa shape index (κ2) is 4.82. The molecule has 1 aromatic carbocycles. The van der Waals surface area contributed by atoms with Crippen molar-refractivity contribution in [3.63, 3.8) is 0 Å². The van der Waals surface area contributed by atoms with Gasteiger partial charge in [-0.1, -0.05) is 15.9 Å². The first-order valence-electron chi connectivity index (χ1n) is 5.55. The summed E-state index contributed by atoms with van der Waals surface area (Å²) in [5.41, 5.74) is 0.980. The van der Waals surface area contributed by atoms with Crippen LogP contribution in [0.1, 0.15) is 0 Å². The van der Waals surface area contributed by atoms with Crippen LogP contribution in [0.4, 0.5) is 5.95 Å². The first-order chi connectivity index (χ1) is 8.31. The van der Waals surface area contributed by atoms with Gasteiger partial charge < -0.3 is 5.32 Å². The molecule has 1 saturated heterocycles. The van der Waals surface area contributed by atoms with E-state index in [1.54, 1.807) is 0 Å². The van der Waals surface area contributed by atoms with Crippen LogP contribution in [0, 0.1) is 5.92 Å². The van der Waals surface area contributed by atoms with Crippen LogP contribution in [-0.2, 0) is 0 Å². The van der Waals surface area contributed by atoms with Gasteiger partial charge in [-0.25, -0.2) is 9.97 Å². The molecule has 5 heteroatoms. The van der Waals surface area contributed by atoms with Crippen LogP contribution in [0.15, 0.2) is 28.9 Å². The molecule has 0 spiro atoms. The van der Waals surface area contributed by atoms with Crippen molar-refractivity contribution in [3.05, 3.63) is 28.9 Å². The lowest BCUT2D eigenvalue weighted by Crippen LogP contribution is -2.26. The van der Waals surface area contributed by atoms with Gasteiger partial charge in [-0.2, -0.15) is 11.8 Å². The molecule has 2 aromatic rings. The highest BCUT2D eigenvalue weighted by molar-refractivity contribution is 9.10. The number of anilines is 1. The van der Waals surface area contributed by atoms with E-state index in [1.165, 1.54) is 11.5 Å². The normalized spacial score (nSPS) is 15.8. The summed E-state index contributed by atoms with van der Waals surface area (Å²) in [6.45, 7) is 0.981. The van der Waals surface area contributed by atoms with Crippen molar-refractivity contribution < 1.29 is 0 Å². The molecular formula is C12H12BrN3S. The van der Waals surface area contributed by atoms with Crippen molar-refractivity contribution in [3.8, 4) is 0 Å². The number of fused-ring (bicyclic) bond motifs is 1. The van der Waals surface area contributed by atoms with Crippen molar-refractivity contribution in [2.45, 2.75) is 0 Å². The Kier molecular flexibility index (Phi) is 3.20. The Morgan fingerprint density at radius 2 is 2.29 bits per heavy atom. The van der Waals surface area contributed by atoms with E-state index in [0.29, 0.717) is 0 Å². The fourth-order valence-corrected chi connectivity index (χ4v) is 2.91. The van der Waals surface area contributed by atoms with Gasteiger partial charge in [-0.3, -0.25) is 0 Å².